The monoisotopic (exact) mass is 225 g/mol. The Morgan fingerprint density at radius 2 is 2.14 bits per heavy atom. The minimum Gasteiger partial charge on any atom is -0.329 e. The number of rotatable bonds is 3. The van der Waals surface area contributed by atoms with Gasteiger partial charge >= 0.3 is 0 Å². The van der Waals surface area contributed by atoms with Crippen LogP contribution in [0.3, 0.4) is 0 Å². The van der Waals surface area contributed by atoms with Crippen molar-refractivity contribution in [3.8, 4) is 0 Å². The SMILES string of the molecule is CN(C)S(=O)(=O)N1C[C@@H](F)C[C@H]1CN. The molecule has 1 fully saturated rings. The number of nitrogens with zero attached hydrogens (tertiary/aromatic N) is 2. The first-order valence-corrected chi connectivity index (χ1v) is 5.82. The van der Waals surface area contributed by atoms with Gasteiger partial charge in [0.25, 0.3) is 10.2 Å². The van der Waals surface area contributed by atoms with Crippen LogP contribution in [0.2, 0.25) is 0 Å². The lowest BCUT2D eigenvalue weighted by Crippen LogP contribution is -2.45. The van der Waals surface area contributed by atoms with Crippen molar-refractivity contribution in [2.75, 3.05) is 27.2 Å². The fourth-order valence-electron chi connectivity index (χ4n) is 1.54. The molecule has 0 aliphatic carbocycles. The largest absolute Gasteiger partial charge is 0.329 e. The van der Waals surface area contributed by atoms with Crippen LogP contribution in [0.5, 0.6) is 0 Å². The molecule has 84 valence electrons. The van der Waals surface area contributed by atoms with Crippen LogP contribution in [0.15, 0.2) is 0 Å². The Morgan fingerprint density at radius 3 is 2.57 bits per heavy atom. The van der Waals surface area contributed by atoms with Gasteiger partial charge in [-0.3, -0.25) is 0 Å². The molecule has 0 aromatic rings. The number of halogens is 1. The molecule has 2 N–H and O–H groups in total. The summed E-state index contributed by atoms with van der Waals surface area (Å²) in [7, 11) is -0.674. The summed E-state index contributed by atoms with van der Waals surface area (Å²) in [5, 5.41) is 0. The highest BCUT2D eigenvalue weighted by Gasteiger charge is 2.39. The van der Waals surface area contributed by atoms with E-state index in [0.717, 1.165) is 8.61 Å². The molecule has 2 atom stereocenters. The van der Waals surface area contributed by atoms with E-state index in [1.165, 1.54) is 14.1 Å². The summed E-state index contributed by atoms with van der Waals surface area (Å²) in [4.78, 5) is 0. The smallest absolute Gasteiger partial charge is 0.281 e. The molecule has 0 aromatic heterocycles. The lowest BCUT2D eigenvalue weighted by Gasteiger charge is -2.25. The first-order chi connectivity index (χ1) is 6.39. The number of alkyl halides is 1. The van der Waals surface area contributed by atoms with E-state index in [-0.39, 0.29) is 19.5 Å². The molecule has 0 unspecified atom stereocenters. The van der Waals surface area contributed by atoms with E-state index in [2.05, 4.69) is 0 Å². The van der Waals surface area contributed by atoms with Crippen LogP contribution in [0, 0.1) is 0 Å². The molecular formula is C7H16FN3O2S. The Kier molecular flexibility index (Phi) is 3.46. The standard InChI is InChI=1S/C7H16FN3O2S/c1-10(2)14(12,13)11-5-6(8)3-7(11)4-9/h6-7H,3-5,9H2,1-2H3/t6-,7-/m0/s1. The lowest BCUT2D eigenvalue weighted by molar-refractivity contribution is 0.332. The normalized spacial score (nSPS) is 30.1. The maximum absolute atomic E-state index is 13.0. The van der Waals surface area contributed by atoms with E-state index in [4.69, 9.17) is 5.73 Å². The Labute approximate surface area is 83.8 Å². The van der Waals surface area contributed by atoms with Crippen LogP contribution in [-0.4, -0.2) is 56.4 Å². The minimum absolute atomic E-state index is 0.0810. The fraction of sp³-hybridized carbons (Fsp3) is 1.00. The highest BCUT2D eigenvalue weighted by atomic mass is 32.2. The van der Waals surface area contributed by atoms with Crippen molar-refractivity contribution < 1.29 is 12.8 Å². The molecule has 1 saturated heterocycles. The molecule has 0 radical (unpaired) electrons. The Balaban J connectivity index is 2.87. The van der Waals surface area contributed by atoms with Crippen LogP contribution in [0.1, 0.15) is 6.42 Å². The van der Waals surface area contributed by atoms with Crippen molar-refractivity contribution in [1.82, 2.24) is 8.61 Å². The van der Waals surface area contributed by atoms with Gasteiger partial charge in [0.05, 0.1) is 0 Å². The predicted molar refractivity (Wildman–Crippen MR) is 51.7 cm³/mol. The molecular weight excluding hydrogens is 209 g/mol. The zero-order valence-corrected chi connectivity index (χ0v) is 9.17. The third kappa shape index (κ3) is 2.05. The lowest BCUT2D eigenvalue weighted by atomic mass is 10.2. The highest BCUT2D eigenvalue weighted by molar-refractivity contribution is 7.86. The van der Waals surface area contributed by atoms with Crippen molar-refractivity contribution in [2.45, 2.75) is 18.6 Å². The van der Waals surface area contributed by atoms with E-state index >= 15 is 0 Å². The minimum atomic E-state index is -3.52. The Morgan fingerprint density at radius 1 is 1.57 bits per heavy atom. The van der Waals surface area contributed by atoms with E-state index in [1.54, 1.807) is 0 Å². The molecule has 0 amide bonds. The molecule has 0 aromatic carbocycles. The summed E-state index contributed by atoms with van der Waals surface area (Å²) >= 11 is 0. The molecule has 1 rings (SSSR count). The van der Waals surface area contributed by atoms with E-state index in [9.17, 15) is 12.8 Å². The Hall–Kier alpha value is -0.240. The second kappa shape index (κ2) is 4.09. The Bertz CT molecular complexity index is 293. The highest BCUT2D eigenvalue weighted by Crippen LogP contribution is 2.23. The van der Waals surface area contributed by atoms with Crippen molar-refractivity contribution >= 4 is 10.2 Å². The van der Waals surface area contributed by atoms with E-state index in [0.29, 0.717) is 0 Å². The fourth-order valence-corrected chi connectivity index (χ4v) is 2.86. The van der Waals surface area contributed by atoms with Gasteiger partial charge in [0.2, 0.25) is 0 Å². The molecule has 1 aliphatic rings. The van der Waals surface area contributed by atoms with Crippen molar-refractivity contribution in [3.05, 3.63) is 0 Å². The average Bonchev–Trinajstić information content (AvgIpc) is 2.46. The third-order valence-corrected chi connectivity index (χ3v) is 4.31. The molecule has 1 aliphatic heterocycles. The molecule has 5 nitrogen and oxygen atoms in total. The predicted octanol–water partition coefficient (Wildman–Crippen LogP) is -0.836. The first-order valence-electron chi connectivity index (χ1n) is 4.43. The van der Waals surface area contributed by atoms with Gasteiger partial charge in [0.15, 0.2) is 0 Å². The summed E-state index contributed by atoms with van der Waals surface area (Å²) < 4.78 is 38.6. The quantitative estimate of drug-likeness (QED) is 0.681. The zero-order chi connectivity index (χ0) is 10.9. The molecule has 0 saturated carbocycles. The number of hydrogen-bond acceptors (Lipinski definition) is 3. The van der Waals surface area contributed by atoms with E-state index < -0.39 is 22.4 Å². The van der Waals surface area contributed by atoms with Crippen LogP contribution in [-0.2, 0) is 10.2 Å². The summed E-state index contributed by atoms with van der Waals surface area (Å²) in [5.41, 5.74) is 5.39. The van der Waals surface area contributed by atoms with Crippen LogP contribution < -0.4 is 5.73 Å². The van der Waals surface area contributed by atoms with Gasteiger partial charge in [-0.15, -0.1) is 0 Å². The van der Waals surface area contributed by atoms with Gasteiger partial charge in [-0.1, -0.05) is 0 Å². The third-order valence-electron chi connectivity index (χ3n) is 2.34. The maximum Gasteiger partial charge on any atom is 0.281 e. The average molecular weight is 225 g/mol. The van der Waals surface area contributed by atoms with Gasteiger partial charge in [0.1, 0.15) is 6.17 Å². The van der Waals surface area contributed by atoms with Crippen LogP contribution in [0.4, 0.5) is 4.39 Å². The summed E-state index contributed by atoms with van der Waals surface area (Å²) in [6, 6.07) is -0.405. The van der Waals surface area contributed by atoms with Crippen LogP contribution >= 0.6 is 0 Å². The summed E-state index contributed by atoms with van der Waals surface area (Å²) in [5.74, 6) is 0. The van der Waals surface area contributed by atoms with Crippen LogP contribution in [0.25, 0.3) is 0 Å². The van der Waals surface area contributed by atoms with Gasteiger partial charge in [-0.25, -0.2) is 4.39 Å². The van der Waals surface area contributed by atoms with Crippen molar-refractivity contribution in [1.29, 1.82) is 0 Å². The van der Waals surface area contributed by atoms with Gasteiger partial charge < -0.3 is 5.73 Å². The van der Waals surface area contributed by atoms with Crippen molar-refractivity contribution in [2.24, 2.45) is 5.73 Å². The molecule has 14 heavy (non-hydrogen) atoms. The second-order valence-corrected chi connectivity index (χ2v) is 5.68. The van der Waals surface area contributed by atoms with E-state index in [1.807, 2.05) is 0 Å². The first kappa shape index (κ1) is 11.8. The second-order valence-electron chi connectivity index (χ2n) is 3.58. The summed E-state index contributed by atoms with van der Waals surface area (Å²) in [6.07, 6.45) is -0.901. The van der Waals surface area contributed by atoms with Gasteiger partial charge in [0, 0.05) is 33.2 Å². The molecule has 7 heteroatoms. The number of hydrogen-bond donors (Lipinski definition) is 1. The molecule has 0 bridgehead atoms. The van der Waals surface area contributed by atoms with Crippen molar-refractivity contribution in [3.63, 3.8) is 0 Å². The number of nitrogens with two attached hydrogens (primary N) is 1. The zero-order valence-electron chi connectivity index (χ0n) is 8.35. The molecule has 0 spiro atoms. The van der Waals surface area contributed by atoms with Gasteiger partial charge in [-0.05, 0) is 6.42 Å². The maximum atomic E-state index is 13.0. The van der Waals surface area contributed by atoms with Gasteiger partial charge in [-0.2, -0.15) is 17.0 Å². The topological polar surface area (TPSA) is 66.6 Å². The molecule has 1 heterocycles. The summed E-state index contributed by atoms with van der Waals surface area (Å²) in [6.45, 7) is 0.0792.